The van der Waals surface area contributed by atoms with E-state index in [0.29, 0.717) is 28.9 Å². The highest BCUT2D eigenvalue weighted by molar-refractivity contribution is 7.99. The van der Waals surface area contributed by atoms with Crippen LogP contribution in [0.25, 0.3) is 11.3 Å². The van der Waals surface area contributed by atoms with E-state index in [-0.39, 0.29) is 17.5 Å². The number of anilines is 1. The highest BCUT2D eigenvalue weighted by Crippen LogP contribution is 2.25. The van der Waals surface area contributed by atoms with E-state index in [0.717, 1.165) is 17.0 Å². The Hall–Kier alpha value is -3.30. The minimum absolute atomic E-state index is 0.173. The summed E-state index contributed by atoms with van der Waals surface area (Å²) < 4.78 is 15.1. The van der Waals surface area contributed by atoms with Gasteiger partial charge in [-0.05, 0) is 29.8 Å². The second-order valence-electron chi connectivity index (χ2n) is 6.84. The molecule has 4 rings (SSSR count). The Morgan fingerprint density at radius 3 is 2.69 bits per heavy atom. The van der Waals surface area contributed by atoms with E-state index in [9.17, 15) is 9.18 Å². The number of hydrogen-bond donors (Lipinski definition) is 1. The van der Waals surface area contributed by atoms with Gasteiger partial charge in [-0.25, -0.2) is 9.37 Å². The van der Waals surface area contributed by atoms with Crippen LogP contribution in [0, 0.1) is 5.82 Å². The number of carbonyl (C=O) groups excluding carboxylic acids is 1. The molecule has 2 aromatic carbocycles. The Labute approximate surface area is 193 Å². The number of rotatable bonds is 9. The first-order chi connectivity index (χ1) is 15.6. The maximum atomic E-state index is 13.1. The molecule has 0 aliphatic carbocycles. The molecule has 0 aliphatic heterocycles. The van der Waals surface area contributed by atoms with E-state index in [2.05, 4.69) is 27.1 Å². The molecule has 0 saturated carbocycles. The zero-order chi connectivity index (χ0) is 22.3. The Bertz CT molecular complexity index is 1200. The predicted octanol–water partition coefficient (Wildman–Crippen LogP) is 5.05. The fraction of sp³-hybridized carbons (Fsp3) is 0.130. The van der Waals surface area contributed by atoms with E-state index in [1.165, 1.54) is 35.2 Å². The highest BCUT2D eigenvalue weighted by atomic mass is 32.2. The molecule has 0 fully saturated rings. The van der Waals surface area contributed by atoms with E-state index in [1.807, 2.05) is 40.3 Å². The van der Waals surface area contributed by atoms with Gasteiger partial charge in [0.1, 0.15) is 11.6 Å². The van der Waals surface area contributed by atoms with Crippen molar-refractivity contribution in [3.8, 4) is 11.3 Å². The summed E-state index contributed by atoms with van der Waals surface area (Å²) >= 11 is 2.64. The lowest BCUT2D eigenvalue weighted by molar-refractivity contribution is -0.113. The van der Waals surface area contributed by atoms with Gasteiger partial charge >= 0.3 is 0 Å². The monoisotopic (exact) mass is 465 g/mol. The number of hydrogen-bond acceptors (Lipinski definition) is 6. The van der Waals surface area contributed by atoms with Crippen LogP contribution in [-0.2, 0) is 17.8 Å². The van der Waals surface area contributed by atoms with Crippen molar-refractivity contribution in [2.75, 3.05) is 11.1 Å². The van der Waals surface area contributed by atoms with E-state index < -0.39 is 0 Å². The van der Waals surface area contributed by atoms with Crippen molar-refractivity contribution >= 4 is 34.1 Å². The van der Waals surface area contributed by atoms with Crippen LogP contribution in [0.2, 0.25) is 0 Å². The molecule has 4 aromatic rings. The van der Waals surface area contributed by atoms with Crippen molar-refractivity contribution in [2.24, 2.45) is 0 Å². The van der Waals surface area contributed by atoms with E-state index in [4.69, 9.17) is 0 Å². The third-order valence-corrected chi connectivity index (χ3v) is 6.26. The third-order valence-electron chi connectivity index (χ3n) is 4.53. The normalized spacial score (nSPS) is 10.8. The molecule has 2 heterocycles. The van der Waals surface area contributed by atoms with Gasteiger partial charge in [-0.2, -0.15) is 0 Å². The number of nitrogens with one attached hydrogen (secondary N) is 1. The molecule has 0 unspecified atom stereocenters. The SMILES string of the molecule is C=CCn1c(Cc2ccccc2)nnc1SCC(=O)Nc1nc(-c2ccc(F)cc2)cs1. The van der Waals surface area contributed by atoms with Crippen LogP contribution in [0.15, 0.2) is 77.8 Å². The molecule has 162 valence electrons. The second-order valence-corrected chi connectivity index (χ2v) is 8.64. The Morgan fingerprint density at radius 1 is 1.16 bits per heavy atom. The minimum Gasteiger partial charge on any atom is -0.302 e. The van der Waals surface area contributed by atoms with E-state index >= 15 is 0 Å². The largest absolute Gasteiger partial charge is 0.302 e. The van der Waals surface area contributed by atoms with Gasteiger partial charge in [0, 0.05) is 23.9 Å². The maximum absolute atomic E-state index is 13.1. The van der Waals surface area contributed by atoms with Crippen LogP contribution >= 0.6 is 23.1 Å². The molecule has 9 heteroatoms. The van der Waals surface area contributed by atoms with Crippen LogP contribution in [-0.4, -0.2) is 31.4 Å². The van der Waals surface area contributed by atoms with Crippen molar-refractivity contribution in [3.05, 3.63) is 89.8 Å². The second kappa shape index (κ2) is 10.3. The molecule has 0 spiro atoms. The molecule has 6 nitrogen and oxygen atoms in total. The van der Waals surface area contributed by atoms with Gasteiger partial charge in [0.25, 0.3) is 0 Å². The Kier molecular flexibility index (Phi) is 7.08. The van der Waals surface area contributed by atoms with E-state index in [1.54, 1.807) is 18.2 Å². The van der Waals surface area contributed by atoms with Gasteiger partial charge in [0.2, 0.25) is 5.91 Å². The number of thioether (sulfide) groups is 1. The fourth-order valence-electron chi connectivity index (χ4n) is 3.02. The summed E-state index contributed by atoms with van der Waals surface area (Å²) in [5.41, 5.74) is 2.62. The molecule has 0 atom stereocenters. The van der Waals surface area contributed by atoms with Crippen molar-refractivity contribution in [1.82, 2.24) is 19.7 Å². The summed E-state index contributed by atoms with van der Waals surface area (Å²) in [4.78, 5) is 16.9. The first-order valence-corrected chi connectivity index (χ1v) is 11.7. The lowest BCUT2D eigenvalue weighted by Crippen LogP contribution is -2.14. The lowest BCUT2D eigenvalue weighted by atomic mass is 10.1. The number of halogens is 1. The molecule has 0 aliphatic rings. The van der Waals surface area contributed by atoms with Gasteiger partial charge in [0.05, 0.1) is 11.4 Å². The lowest BCUT2D eigenvalue weighted by Gasteiger charge is -2.07. The molecular formula is C23H20FN5OS2. The quantitative estimate of drug-likeness (QED) is 0.277. The maximum Gasteiger partial charge on any atom is 0.236 e. The van der Waals surface area contributed by atoms with Crippen molar-refractivity contribution in [1.29, 1.82) is 0 Å². The topological polar surface area (TPSA) is 72.7 Å². The van der Waals surface area contributed by atoms with Gasteiger partial charge in [-0.3, -0.25) is 4.79 Å². The van der Waals surface area contributed by atoms with Crippen LogP contribution in [0.3, 0.4) is 0 Å². The van der Waals surface area contributed by atoms with Crippen LogP contribution in [0.4, 0.5) is 9.52 Å². The molecule has 0 saturated heterocycles. The molecule has 1 N–H and O–H groups in total. The molecular weight excluding hydrogens is 445 g/mol. The number of aromatic nitrogens is 4. The summed E-state index contributed by atoms with van der Waals surface area (Å²) in [6, 6.07) is 16.1. The van der Waals surface area contributed by atoms with Gasteiger partial charge < -0.3 is 9.88 Å². The number of amides is 1. The summed E-state index contributed by atoms with van der Waals surface area (Å²) in [6.07, 6.45) is 2.44. The van der Waals surface area contributed by atoms with Crippen LogP contribution in [0.1, 0.15) is 11.4 Å². The molecule has 0 bridgehead atoms. The Balaban J connectivity index is 1.37. The predicted molar refractivity (Wildman–Crippen MR) is 126 cm³/mol. The summed E-state index contributed by atoms with van der Waals surface area (Å²) in [5.74, 6) is 0.507. The number of allylic oxidation sites excluding steroid dienone is 1. The van der Waals surface area contributed by atoms with Gasteiger partial charge in [0.15, 0.2) is 10.3 Å². The number of nitrogens with zero attached hydrogens (tertiary/aromatic N) is 4. The first-order valence-electron chi connectivity index (χ1n) is 9.83. The van der Waals surface area contributed by atoms with Gasteiger partial charge in [-0.15, -0.1) is 28.1 Å². The average Bonchev–Trinajstić information content (AvgIpc) is 3.41. The summed E-state index contributed by atoms with van der Waals surface area (Å²) in [7, 11) is 0. The van der Waals surface area contributed by atoms with Gasteiger partial charge in [-0.1, -0.05) is 48.2 Å². The van der Waals surface area contributed by atoms with Crippen molar-refractivity contribution < 1.29 is 9.18 Å². The first kappa shape index (κ1) is 21.9. The molecule has 32 heavy (non-hydrogen) atoms. The highest BCUT2D eigenvalue weighted by Gasteiger charge is 2.15. The summed E-state index contributed by atoms with van der Waals surface area (Å²) in [5, 5.41) is 14.4. The van der Waals surface area contributed by atoms with Crippen LogP contribution < -0.4 is 5.32 Å². The fourth-order valence-corrected chi connectivity index (χ4v) is 4.52. The summed E-state index contributed by atoms with van der Waals surface area (Å²) in [6.45, 7) is 4.38. The van der Waals surface area contributed by atoms with Crippen LogP contribution in [0.5, 0.6) is 0 Å². The number of carbonyl (C=O) groups is 1. The Morgan fingerprint density at radius 2 is 1.94 bits per heavy atom. The number of thiazole rings is 1. The zero-order valence-corrected chi connectivity index (χ0v) is 18.7. The standard InChI is InChI=1S/C23H20FN5OS2/c1-2-12-29-20(13-16-6-4-3-5-7-16)27-28-23(29)32-15-21(30)26-22-25-19(14-31-22)17-8-10-18(24)11-9-17/h2-11,14H,1,12-13,15H2,(H,25,26,30). The van der Waals surface area contributed by atoms with Crippen molar-refractivity contribution in [2.45, 2.75) is 18.1 Å². The minimum atomic E-state index is -0.300. The average molecular weight is 466 g/mol. The van der Waals surface area contributed by atoms with Crippen molar-refractivity contribution in [3.63, 3.8) is 0 Å². The smallest absolute Gasteiger partial charge is 0.236 e. The third kappa shape index (κ3) is 5.49. The zero-order valence-electron chi connectivity index (χ0n) is 17.1. The molecule has 0 radical (unpaired) electrons. The number of benzene rings is 2. The molecule has 2 aromatic heterocycles. The molecule has 1 amide bonds.